The quantitative estimate of drug-likeness (QED) is 0.896. The molecule has 0 aliphatic carbocycles. The largest absolute Gasteiger partial charge is 0.495 e. The van der Waals surface area contributed by atoms with Crippen LogP contribution in [-0.2, 0) is 9.63 Å². The molecular formula is C18H16ClFN2O3. The van der Waals surface area contributed by atoms with E-state index in [1.807, 2.05) is 6.92 Å². The lowest BCUT2D eigenvalue weighted by molar-refractivity contribution is -0.125. The summed E-state index contributed by atoms with van der Waals surface area (Å²) in [6.07, 6.45) is -0.538. The number of methoxy groups -OCH3 is 1. The second-order valence-electron chi connectivity index (χ2n) is 5.64. The van der Waals surface area contributed by atoms with Gasteiger partial charge in [-0.1, -0.05) is 28.9 Å². The molecule has 0 aromatic heterocycles. The number of rotatable bonds is 4. The van der Waals surface area contributed by atoms with Gasteiger partial charge in [-0.05, 0) is 30.7 Å². The number of anilines is 1. The number of ether oxygens (including phenoxy) is 1. The molecule has 2 aromatic rings. The molecule has 130 valence electrons. The predicted octanol–water partition coefficient (Wildman–Crippen LogP) is 3.93. The number of halogens is 2. The van der Waals surface area contributed by atoms with Crippen molar-refractivity contribution in [2.24, 2.45) is 5.16 Å². The van der Waals surface area contributed by atoms with Gasteiger partial charge < -0.3 is 14.9 Å². The smallest absolute Gasteiger partial charge is 0.268 e. The number of carbonyl (C=O) groups excluding carboxylic acids is 1. The predicted molar refractivity (Wildman–Crippen MR) is 93.8 cm³/mol. The highest BCUT2D eigenvalue weighted by molar-refractivity contribution is 6.31. The topological polar surface area (TPSA) is 59.9 Å². The number of hydrogen-bond donors (Lipinski definition) is 1. The number of aryl methyl sites for hydroxylation is 1. The minimum Gasteiger partial charge on any atom is -0.495 e. The van der Waals surface area contributed by atoms with Gasteiger partial charge >= 0.3 is 0 Å². The number of amides is 1. The average molecular weight is 363 g/mol. The molecule has 0 saturated heterocycles. The zero-order valence-corrected chi connectivity index (χ0v) is 14.4. The van der Waals surface area contributed by atoms with Crippen LogP contribution in [0.3, 0.4) is 0 Å². The molecule has 7 heteroatoms. The zero-order chi connectivity index (χ0) is 18.0. The number of carbonyl (C=O) groups is 1. The van der Waals surface area contributed by atoms with Crippen LogP contribution in [0.15, 0.2) is 41.6 Å². The van der Waals surface area contributed by atoms with Crippen LogP contribution in [0.25, 0.3) is 0 Å². The van der Waals surface area contributed by atoms with E-state index in [1.54, 1.807) is 24.3 Å². The maximum absolute atomic E-state index is 13.3. The third-order valence-electron chi connectivity index (χ3n) is 3.86. The van der Waals surface area contributed by atoms with Crippen LogP contribution < -0.4 is 10.1 Å². The number of nitrogens with one attached hydrogen (secondary N) is 1. The molecule has 0 spiro atoms. The standard InChI is InChI=1S/C18H16ClFN2O3/c1-10-6-15(16(24-2)8-13(10)19)21-18(23)17-9-14(22-25-17)11-4-3-5-12(20)7-11/h3-8,17H,9H2,1-2H3,(H,21,23). The summed E-state index contributed by atoms with van der Waals surface area (Å²) in [5.74, 6) is -0.280. The van der Waals surface area contributed by atoms with Crippen molar-refractivity contribution in [3.63, 3.8) is 0 Å². The van der Waals surface area contributed by atoms with E-state index in [0.29, 0.717) is 27.7 Å². The third kappa shape index (κ3) is 3.74. The number of nitrogens with zero attached hydrogens (tertiary/aromatic N) is 1. The molecule has 1 unspecified atom stereocenters. The maximum atomic E-state index is 13.3. The normalized spacial score (nSPS) is 16.2. The Morgan fingerprint density at radius 2 is 2.20 bits per heavy atom. The Morgan fingerprint density at radius 1 is 1.40 bits per heavy atom. The minimum absolute atomic E-state index is 0.254. The summed E-state index contributed by atoms with van der Waals surface area (Å²) in [4.78, 5) is 17.7. The molecule has 25 heavy (non-hydrogen) atoms. The molecule has 0 saturated carbocycles. The zero-order valence-electron chi connectivity index (χ0n) is 13.7. The Bertz CT molecular complexity index is 854. The van der Waals surface area contributed by atoms with E-state index in [4.69, 9.17) is 21.2 Å². The van der Waals surface area contributed by atoms with Crippen LogP contribution in [0, 0.1) is 12.7 Å². The molecule has 1 atom stereocenters. The van der Waals surface area contributed by atoms with E-state index in [-0.39, 0.29) is 18.1 Å². The highest BCUT2D eigenvalue weighted by atomic mass is 35.5. The fourth-order valence-electron chi connectivity index (χ4n) is 2.50. The lowest BCUT2D eigenvalue weighted by atomic mass is 10.0. The number of hydrogen-bond acceptors (Lipinski definition) is 4. The van der Waals surface area contributed by atoms with Gasteiger partial charge in [-0.25, -0.2) is 4.39 Å². The lowest BCUT2D eigenvalue weighted by Gasteiger charge is -2.14. The molecule has 5 nitrogen and oxygen atoms in total. The van der Waals surface area contributed by atoms with Gasteiger partial charge in [0.15, 0.2) is 0 Å². The van der Waals surface area contributed by atoms with E-state index < -0.39 is 6.10 Å². The minimum atomic E-state index is -0.793. The van der Waals surface area contributed by atoms with Gasteiger partial charge in [0.05, 0.1) is 18.5 Å². The van der Waals surface area contributed by atoms with Crippen LogP contribution in [-0.4, -0.2) is 24.8 Å². The van der Waals surface area contributed by atoms with Gasteiger partial charge in [-0.15, -0.1) is 0 Å². The van der Waals surface area contributed by atoms with Crippen LogP contribution in [0.2, 0.25) is 5.02 Å². The van der Waals surface area contributed by atoms with Gasteiger partial charge in [0, 0.05) is 23.1 Å². The van der Waals surface area contributed by atoms with Crippen molar-refractivity contribution in [2.45, 2.75) is 19.4 Å². The monoisotopic (exact) mass is 362 g/mol. The van der Waals surface area contributed by atoms with Crippen LogP contribution in [0.4, 0.5) is 10.1 Å². The van der Waals surface area contributed by atoms with Crippen LogP contribution in [0.1, 0.15) is 17.5 Å². The van der Waals surface area contributed by atoms with E-state index in [1.165, 1.54) is 19.2 Å². The summed E-state index contributed by atoms with van der Waals surface area (Å²) >= 11 is 6.06. The Kier molecular flexibility index (Phi) is 4.90. The fourth-order valence-corrected chi connectivity index (χ4v) is 2.65. The summed E-state index contributed by atoms with van der Waals surface area (Å²) < 4.78 is 18.6. The van der Waals surface area contributed by atoms with Crippen molar-refractivity contribution < 1.29 is 18.8 Å². The van der Waals surface area contributed by atoms with Gasteiger partial charge in [0.2, 0.25) is 6.10 Å². The Labute approximate surface area is 149 Å². The first-order valence-electron chi connectivity index (χ1n) is 7.61. The van der Waals surface area contributed by atoms with Crippen molar-refractivity contribution in [1.29, 1.82) is 0 Å². The summed E-state index contributed by atoms with van der Waals surface area (Å²) in [7, 11) is 1.49. The van der Waals surface area contributed by atoms with Crippen molar-refractivity contribution in [3.05, 3.63) is 58.4 Å². The number of benzene rings is 2. The molecule has 0 fully saturated rings. The van der Waals surface area contributed by atoms with E-state index in [9.17, 15) is 9.18 Å². The first kappa shape index (κ1) is 17.2. The molecular weight excluding hydrogens is 347 g/mol. The molecule has 1 N–H and O–H groups in total. The third-order valence-corrected chi connectivity index (χ3v) is 4.26. The molecule has 0 radical (unpaired) electrons. The molecule has 3 rings (SSSR count). The molecule has 1 aliphatic heterocycles. The second-order valence-corrected chi connectivity index (χ2v) is 6.04. The number of oxime groups is 1. The summed E-state index contributed by atoms with van der Waals surface area (Å²) in [5.41, 5.74) is 2.42. The van der Waals surface area contributed by atoms with Crippen molar-refractivity contribution in [1.82, 2.24) is 0 Å². The Hall–Kier alpha value is -2.60. The highest BCUT2D eigenvalue weighted by Crippen LogP contribution is 2.31. The molecule has 1 heterocycles. The van der Waals surface area contributed by atoms with Crippen molar-refractivity contribution in [2.75, 3.05) is 12.4 Å². The first-order chi connectivity index (χ1) is 12.0. The van der Waals surface area contributed by atoms with Gasteiger partial charge in [-0.3, -0.25) is 4.79 Å². The van der Waals surface area contributed by atoms with E-state index in [0.717, 1.165) is 5.56 Å². The molecule has 0 bridgehead atoms. The maximum Gasteiger partial charge on any atom is 0.268 e. The molecule has 2 aromatic carbocycles. The molecule has 1 aliphatic rings. The Morgan fingerprint density at radius 3 is 2.92 bits per heavy atom. The summed E-state index contributed by atoms with van der Waals surface area (Å²) in [6.45, 7) is 1.83. The second kappa shape index (κ2) is 7.11. The van der Waals surface area contributed by atoms with Crippen LogP contribution in [0.5, 0.6) is 5.75 Å². The fraction of sp³-hybridized carbons (Fsp3) is 0.222. The van der Waals surface area contributed by atoms with Gasteiger partial charge in [0.1, 0.15) is 11.6 Å². The lowest BCUT2D eigenvalue weighted by Crippen LogP contribution is -2.28. The summed E-state index contributed by atoms with van der Waals surface area (Å²) in [5, 5.41) is 7.21. The van der Waals surface area contributed by atoms with E-state index >= 15 is 0 Å². The van der Waals surface area contributed by atoms with Crippen LogP contribution >= 0.6 is 11.6 Å². The first-order valence-corrected chi connectivity index (χ1v) is 7.99. The SMILES string of the molecule is COc1cc(Cl)c(C)cc1NC(=O)C1CC(c2cccc(F)c2)=NO1. The average Bonchev–Trinajstić information content (AvgIpc) is 3.08. The summed E-state index contributed by atoms with van der Waals surface area (Å²) in [6, 6.07) is 9.37. The van der Waals surface area contributed by atoms with Crippen molar-refractivity contribution in [3.8, 4) is 5.75 Å². The van der Waals surface area contributed by atoms with E-state index in [2.05, 4.69) is 10.5 Å². The highest BCUT2D eigenvalue weighted by Gasteiger charge is 2.29. The Balaban J connectivity index is 1.71. The molecule has 1 amide bonds. The van der Waals surface area contributed by atoms with Crippen molar-refractivity contribution >= 4 is 28.9 Å². The van der Waals surface area contributed by atoms with Gasteiger partial charge in [0.25, 0.3) is 5.91 Å². The van der Waals surface area contributed by atoms with Gasteiger partial charge in [-0.2, -0.15) is 0 Å².